The van der Waals surface area contributed by atoms with E-state index in [2.05, 4.69) is 16.0 Å². The molecule has 0 fully saturated rings. The van der Waals surface area contributed by atoms with E-state index in [4.69, 9.17) is 10.00 Å². The quantitative estimate of drug-likeness (QED) is 0.775. The van der Waals surface area contributed by atoms with Crippen LogP contribution in [-0.2, 0) is 0 Å². The van der Waals surface area contributed by atoms with Crippen LogP contribution in [0.4, 0.5) is 4.39 Å². The zero-order valence-corrected chi connectivity index (χ0v) is 10.6. The van der Waals surface area contributed by atoms with Gasteiger partial charge in [0, 0.05) is 0 Å². The van der Waals surface area contributed by atoms with Gasteiger partial charge in [0.05, 0.1) is 23.8 Å². The predicted molar refractivity (Wildman–Crippen MR) is 72.8 cm³/mol. The van der Waals surface area contributed by atoms with Crippen molar-refractivity contribution in [1.29, 1.82) is 5.26 Å². The van der Waals surface area contributed by atoms with E-state index in [1.807, 2.05) is 0 Å². The molecule has 1 aromatic heterocycles. The van der Waals surface area contributed by atoms with Gasteiger partial charge < -0.3 is 9.72 Å². The summed E-state index contributed by atoms with van der Waals surface area (Å²) in [5.41, 5.74) is 1.91. The highest BCUT2D eigenvalue weighted by Gasteiger charge is 2.16. The topological polar surface area (TPSA) is 61.7 Å². The number of methoxy groups -OCH3 is 1. The Balaban J connectivity index is 2.29. The Hall–Kier alpha value is -2.87. The second-order valence-corrected chi connectivity index (χ2v) is 4.22. The van der Waals surface area contributed by atoms with Gasteiger partial charge >= 0.3 is 0 Å². The number of nitriles is 1. The zero-order chi connectivity index (χ0) is 14.1. The first-order chi connectivity index (χ1) is 9.74. The molecule has 20 heavy (non-hydrogen) atoms. The molecule has 0 bridgehead atoms. The normalized spacial score (nSPS) is 10.4. The van der Waals surface area contributed by atoms with Gasteiger partial charge in [-0.1, -0.05) is 12.1 Å². The molecule has 0 aliphatic carbocycles. The predicted octanol–water partition coefficient (Wildman–Crippen LogP) is 3.25. The number of para-hydroxylation sites is 1. The van der Waals surface area contributed by atoms with Crippen LogP contribution in [0.5, 0.6) is 5.75 Å². The molecule has 98 valence electrons. The van der Waals surface area contributed by atoms with Gasteiger partial charge in [0.1, 0.15) is 29.0 Å². The highest BCUT2D eigenvalue weighted by Crippen LogP contribution is 2.32. The number of hydrogen-bond acceptors (Lipinski definition) is 3. The molecule has 0 aliphatic rings. The fourth-order valence-corrected chi connectivity index (χ4v) is 2.15. The SMILES string of the molecule is COc1cccc(F)c1-c1nc2c(C#N)cccc2[nH]1. The molecule has 0 radical (unpaired) electrons. The van der Waals surface area contributed by atoms with Crippen LogP contribution in [0, 0.1) is 17.1 Å². The summed E-state index contributed by atoms with van der Waals surface area (Å²) in [5, 5.41) is 9.07. The largest absolute Gasteiger partial charge is 0.496 e. The van der Waals surface area contributed by atoms with Crippen molar-refractivity contribution in [3.63, 3.8) is 0 Å². The Kier molecular flexibility index (Phi) is 2.84. The monoisotopic (exact) mass is 267 g/mol. The summed E-state index contributed by atoms with van der Waals surface area (Å²) in [5.74, 6) is 0.308. The Bertz CT molecular complexity index is 833. The van der Waals surface area contributed by atoms with Crippen molar-refractivity contribution >= 4 is 11.0 Å². The summed E-state index contributed by atoms with van der Waals surface area (Å²) >= 11 is 0. The number of hydrogen-bond donors (Lipinski definition) is 1. The molecule has 0 saturated carbocycles. The summed E-state index contributed by atoms with van der Waals surface area (Å²) in [6.07, 6.45) is 0. The van der Waals surface area contributed by atoms with E-state index in [0.29, 0.717) is 28.2 Å². The summed E-state index contributed by atoms with van der Waals surface area (Å²) in [6.45, 7) is 0. The second kappa shape index (κ2) is 4.67. The Morgan fingerprint density at radius 2 is 2.05 bits per heavy atom. The highest BCUT2D eigenvalue weighted by molar-refractivity contribution is 5.85. The zero-order valence-electron chi connectivity index (χ0n) is 10.6. The number of rotatable bonds is 2. The standard InChI is InChI=1S/C15H10FN3O/c1-20-12-7-3-5-10(16)13(12)15-18-11-6-2-4-9(8-17)14(11)19-15/h2-7H,1H3,(H,18,19). The van der Waals surface area contributed by atoms with Crippen molar-refractivity contribution in [2.75, 3.05) is 7.11 Å². The maximum Gasteiger partial charge on any atom is 0.145 e. The summed E-state index contributed by atoms with van der Waals surface area (Å²) in [6, 6.07) is 11.9. The lowest BCUT2D eigenvalue weighted by Crippen LogP contribution is -1.92. The fraction of sp³-hybridized carbons (Fsp3) is 0.0667. The van der Waals surface area contributed by atoms with E-state index in [0.717, 1.165) is 0 Å². The molecule has 0 aliphatic heterocycles. The van der Waals surface area contributed by atoms with E-state index in [9.17, 15) is 4.39 Å². The molecular weight excluding hydrogens is 257 g/mol. The summed E-state index contributed by atoms with van der Waals surface area (Å²) in [4.78, 5) is 7.35. The Morgan fingerprint density at radius 1 is 1.25 bits per heavy atom. The van der Waals surface area contributed by atoms with Gasteiger partial charge in [-0.2, -0.15) is 5.26 Å². The van der Waals surface area contributed by atoms with Crippen LogP contribution in [0.2, 0.25) is 0 Å². The molecule has 0 saturated heterocycles. The van der Waals surface area contributed by atoms with Gasteiger partial charge in [-0.15, -0.1) is 0 Å². The third-order valence-electron chi connectivity index (χ3n) is 3.07. The minimum atomic E-state index is -0.429. The third-order valence-corrected chi connectivity index (χ3v) is 3.07. The number of nitrogens with zero attached hydrogens (tertiary/aromatic N) is 2. The first-order valence-corrected chi connectivity index (χ1v) is 5.96. The highest BCUT2D eigenvalue weighted by atomic mass is 19.1. The lowest BCUT2D eigenvalue weighted by molar-refractivity contribution is 0.413. The van der Waals surface area contributed by atoms with E-state index in [1.54, 1.807) is 30.3 Å². The van der Waals surface area contributed by atoms with E-state index < -0.39 is 5.82 Å². The van der Waals surface area contributed by atoms with E-state index in [-0.39, 0.29) is 5.56 Å². The van der Waals surface area contributed by atoms with Gasteiger partial charge in [-0.25, -0.2) is 9.37 Å². The summed E-state index contributed by atoms with van der Waals surface area (Å²) < 4.78 is 19.2. The summed E-state index contributed by atoms with van der Waals surface area (Å²) in [7, 11) is 1.47. The molecule has 0 spiro atoms. The van der Waals surface area contributed by atoms with Crippen LogP contribution in [0.15, 0.2) is 36.4 Å². The van der Waals surface area contributed by atoms with Gasteiger partial charge in [0.2, 0.25) is 0 Å². The van der Waals surface area contributed by atoms with Crippen LogP contribution in [-0.4, -0.2) is 17.1 Å². The van der Waals surface area contributed by atoms with E-state index >= 15 is 0 Å². The maximum atomic E-state index is 14.0. The first kappa shape index (κ1) is 12.2. The van der Waals surface area contributed by atoms with Crippen LogP contribution < -0.4 is 4.74 Å². The number of halogens is 1. The van der Waals surface area contributed by atoms with Crippen molar-refractivity contribution in [3.05, 3.63) is 47.8 Å². The molecular formula is C15H10FN3O. The molecule has 3 aromatic rings. The maximum absolute atomic E-state index is 14.0. The van der Waals surface area contributed by atoms with Gasteiger partial charge in [-0.3, -0.25) is 0 Å². The number of aromatic amines is 1. The molecule has 4 nitrogen and oxygen atoms in total. The Labute approximate surface area is 114 Å². The molecule has 1 heterocycles. The number of imidazole rings is 1. The molecule has 0 unspecified atom stereocenters. The molecule has 1 N–H and O–H groups in total. The first-order valence-electron chi connectivity index (χ1n) is 5.96. The van der Waals surface area contributed by atoms with Crippen LogP contribution in [0.25, 0.3) is 22.4 Å². The number of aromatic nitrogens is 2. The van der Waals surface area contributed by atoms with Crippen molar-refractivity contribution in [1.82, 2.24) is 9.97 Å². The van der Waals surface area contributed by atoms with Crippen LogP contribution in [0.1, 0.15) is 5.56 Å². The van der Waals surface area contributed by atoms with Crippen LogP contribution >= 0.6 is 0 Å². The van der Waals surface area contributed by atoms with Crippen LogP contribution in [0.3, 0.4) is 0 Å². The van der Waals surface area contributed by atoms with Gasteiger partial charge in [-0.05, 0) is 24.3 Å². The van der Waals surface area contributed by atoms with Crippen molar-refractivity contribution in [2.24, 2.45) is 0 Å². The second-order valence-electron chi connectivity index (χ2n) is 4.22. The lowest BCUT2D eigenvalue weighted by Gasteiger charge is -2.06. The molecule has 3 rings (SSSR count). The lowest BCUT2D eigenvalue weighted by atomic mass is 10.2. The fourth-order valence-electron chi connectivity index (χ4n) is 2.15. The number of H-pyrrole nitrogens is 1. The molecule has 2 aromatic carbocycles. The third kappa shape index (κ3) is 1.79. The van der Waals surface area contributed by atoms with Gasteiger partial charge in [0.15, 0.2) is 0 Å². The number of nitrogens with one attached hydrogen (secondary N) is 1. The van der Waals surface area contributed by atoms with Crippen molar-refractivity contribution < 1.29 is 9.13 Å². The average molecular weight is 267 g/mol. The number of fused-ring (bicyclic) bond motifs is 1. The minimum Gasteiger partial charge on any atom is -0.496 e. The molecule has 0 amide bonds. The minimum absolute atomic E-state index is 0.259. The molecule has 0 atom stereocenters. The molecule has 5 heteroatoms. The van der Waals surface area contributed by atoms with Gasteiger partial charge in [0.25, 0.3) is 0 Å². The number of benzene rings is 2. The van der Waals surface area contributed by atoms with Crippen molar-refractivity contribution in [2.45, 2.75) is 0 Å². The average Bonchev–Trinajstić information content (AvgIpc) is 2.90. The Morgan fingerprint density at radius 3 is 2.80 bits per heavy atom. The van der Waals surface area contributed by atoms with E-state index in [1.165, 1.54) is 13.2 Å². The number of ether oxygens (including phenoxy) is 1. The smallest absolute Gasteiger partial charge is 0.145 e. The van der Waals surface area contributed by atoms with Crippen molar-refractivity contribution in [3.8, 4) is 23.2 Å².